The van der Waals surface area contributed by atoms with Crippen LogP contribution in [0.4, 0.5) is 5.69 Å². The Balaban J connectivity index is 1.60. The third-order valence-corrected chi connectivity index (χ3v) is 6.23. The van der Waals surface area contributed by atoms with Gasteiger partial charge in [0.15, 0.2) is 0 Å². The number of hydrogen-bond acceptors (Lipinski definition) is 5. The van der Waals surface area contributed by atoms with Crippen LogP contribution in [-0.2, 0) is 13.6 Å². The van der Waals surface area contributed by atoms with Crippen molar-refractivity contribution in [3.8, 4) is 5.88 Å². The fraction of sp³-hybridized carbons (Fsp3) is 0.231. The van der Waals surface area contributed by atoms with E-state index < -0.39 is 5.97 Å². The number of carboxylic acids is 1. The molecule has 0 spiro atoms. The van der Waals surface area contributed by atoms with Crippen molar-refractivity contribution in [2.24, 2.45) is 12.0 Å². The zero-order valence-electron chi connectivity index (χ0n) is 18.4. The molecule has 33 heavy (non-hydrogen) atoms. The van der Waals surface area contributed by atoms with Gasteiger partial charge in [0.05, 0.1) is 40.6 Å². The van der Waals surface area contributed by atoms with E-state index in [1.165, 1.54) is 24.5 Å². The van der Waals surface area contributed by atoms with Crippen LogP contribution in [0.15, 0.2) is 70.5 Å². The Labute approximate surface area is 191 Å². The van der Waals surface area contributed by atoms with Gasteiger partial charge in [-0.25, -0.2) is 9.79 Å². The smallest absolute Gasteiger partial charge is 0.335 e. The molecule has 1 aliphatic heterocycles. The van der Waals surface area contributed by atoms with Crippen LogP contribution >= 0.6 is 0 Å². The molecule has 0 unspecified atom stereocenters. The number of carboxylic acid groups (broad SMARTS) is 1. The molecule has 7 nitrogen and oxygen atoms in total. The quantitative estimate of drug-likeness (QED) is 0.412. The van der Waals surface area contributed by atoms with Gasteiger partial charge in [-0.1, -0.05) is 12.1 Å². The first kappa shape index (κ1) is 21.0. The molecule has 5 rings (SSSR count). The van der Waals surface area contributed by atoms with Gasteiger partial charge in [0.2, 0.25) is 5.88 Å². The second-order valence-electron chi connectivity index (χ2n) is 8.42. The van der Waals surface area contributed by atoms with Gasteiger partial charge in [-0.3, -0.25) is 4.90 Å². The maximum atomic E-state index is 11.6. The van der Waals surface area contributed by atoms with E-state index in [1.807, 2.05) is 12.1 Å². The molecule has 2 N–H and O–H groups in total. The summed E-state index contributed by atoms with van der Waals surface area (Å²) in [5, 5.41) is 21.1. The molecule has 2 aromatic carbocycles. The second kappa shape index (κ2) is 8.60. The average Bonchev–Trinajstić information content (AvgIpc) is 3.57. The summed E-state index contributed by atoms with van der Waals surface area (Å²) in [7, 11) is 1.74. The van der Waals surface area contributed by atoms with Gasteiger partial charge in [-0.15, -0.1) is 0 Å². The number of rotatable bonds is 6. The van der Waals surface area contributed by atoms with E-state index in [-0.39, 0.29) is 11.4 Å². The van der Waals surface area contributed by atoms with E-state index in [4.69, 9.17) is 9.41 Å². The first-order valence-corrected chi connectivity index (χ1v) is 11.0. The highest BCUT2D eigenvalue weighted by molar-refractivity contribution is 6.22. The molecule has 1 fully saturated rings. The molecular weight excluding hydrogens is 418 g/mol. The van der Waals surface area contributed by atoms with Crippen molar-refractivity contribution in [3.63, 3.8) is 0 Å². The summed E-state index contributed by atoms with van der Waals surface area (Å²) in [6.07, 6.45) is 5.64. The summed E-state index contributed by atoms with van der Waals surface area (Å²) >= 11 is 0. The van der Waals surface area contributed by atoms with Gasteiger partial charge < -0.3 is 19.2 Å². The summed E-state index contributed by atoms with van der Waals surface area (Å²) in [5.41, 5.74) is 4.51. The summed E-state index contributed by atoms with van der Waals surface area (Å²) in [6.45, 7) is 3.22. The number of furan rings is 1. The second-order valence-corrected chi connectivity index (χ2v) is 8.42. The topological polar surface area (TPSA) is 91.2 Å². The van der Waals surface area contributed by atoms with Crippen LogP contribution in [0.3, 0.4) is 0 Å². The lowest BCUT2D eigenvalue weighted by molar-refractivity contribution is 0.0697. The maximum Gasteiger partial charge on any atom is 0.335 e. The van der Waals surface area contributed by atoms with Gasteiger partial charge in [0.25, 0.3) is 0 Å². The predicted octanol–water partition coefficient (Wildman–Crippen LogP) is 4.94. The van der Waals surface area contributed by atoms with E-state index in [2.05, 4.69) is 17.0 Å². The van der Waals surface area contributed by atoms with Crippen molar-refractivity contribution in [1.29, 1.82) is 0 Å². The van der Waals surface area contributed by atoms with Crippen molar-refractivity contribution in [1.82, 2.24) is 9.47 Å². The molecule has 2 aromatic heterocycles. The van der Waals surface area contributed by atoms with Crippen molar-refractivity contribution in [3.05, 3.63) is 83.3 Å². The molecule has 0 atom stereocenters. The summed E-state index contributed by atoms with van der Waals surface area (Å²) in [5.74, 6) is -1.01. The Morgan fingerprint density at radius 2 is 1.82 bits per heavy atom. The van der Waals surface area contributed by atoms with E-state index in [9.17, 15) is 15.0 Å². The number of aromatic carboxylic acids is 1. The third kappa shape index (κ3) is 4.03. The minimum Gasteiger partial charge on any atom is -0.494 e. The highest BCUT2D eigenvalue weighted by Crippen LogP contribution is 2.34. The summed E-state index contributed by atoms with van der Waals surface area (Å²) < 4.78 is 6.93. The monoisotopic (exact) mass is 443 g/mol. The molecule has 0 radical (unpaired) electrons. The number of nitrogens with zero attached hydrogens (tertiary/aromatic N) is 3. The number of hydrogen-bond donors (Lipinski definition) is 2. The third-order valence-electron chi connectivity index (χ3n) is 6.23. The maximum absolute atomic E-state index is 11.6. The van der Waals surface area contributed by atoms with E-state index >= 15 is 0 Å². The Morgan fingerprint density at radius 3 is 2.48 bits per heavy atom. The molecule has 4 aromatic rings. The number of carbonyl (C=O) groups is 1. The summed E-state index contributed by atoms with van der Waals surface area (Å²) in [6, 6.07) is 14.7. The molecule has 7 heteroatoms. The van der Waals surface area contributed by atoms with Crippen LogP contribution in [0.25, 0.3) is 10.9 Å². The Bertz CT molecular complexity index is 1330. The molecule has 0 bridgehead atoms. The lowest BCUT2D eigenvalue weighted by Gasteiger charge is -2.14. The van der Waals surface area contributed by atoms with Crippen LogP contribution < -0.4 is 0 Å². The minimum absolute atomic E-state index is 0.0122. The van der Waals surface area contributed by atoms with Gasteiger partial charge in [0, 0.05) is 24.5 Å². The number of aromatic hydroxyl groups is 1. The number of aliphatic imine (C=N–C) groups is 1. The standard InChI is InChI=1S/C26H25N3O4/c1-28-22-9-6-18(26(31)32)14-21(22)23(25(28)30)24(19-10-13-33-16-19)27-20-7-4-17(5-8-20)15-29-11-2-3-12-29/h4-10,13-14,16,30H,2-3,11-12,15H2,1H3,(H,31,32). The molecule has 3 heterocycles. The molecule has 1 saturated heterocycles. The fourth-order valence-electron chi connectivity index (χ4n) is 4.47. The van der Waals surface area contributed by atoms with Crippen LogP contribution in [0.5, 0.6) is 5.88 Å². The van der Waals surface area contributed by atoms with Crippen molar-refractivity contribution >= 4 is 28.3 Å². The number of aryl methyl sites for hydroxylation is 1. The van der Waals surface area contributed by atoms with Crippen molar-refractivity contribution < 1.29 is 19.4 Å². The van der Waals surface area contributed by atoms with Gasteiger partial charge in [-0.05, 0) is 67.9 Å². The molecule has 0 saturated carbocycles. The van der Waals surface area contributed by atoms with Crippen LogP contribution in [0, 0.1) is 0 Å². The largest absolute Gasteiger partial charge is 0.494 e. The van der Waals surface area contributed by atoms with Crippen LogP contribution in [0.1, 0.15) is 39.9 Å². The Morgan fingerprint density at radius 1 is 1.06 bits per heavy atom. The molecule has 168 valence electrons. The van der Waals surface area contributed by atoms with E-state index in [0.717, 1.165) is 25.3 Å². The highest BCUT2D eigenvalue weighted by Gasteiger charge is 2.23. The van der Waals surface area contributed by atoms with Gasteiger partial charge >= 0.3 is 5.97 Å². The number of aromatic nitrogens is 1. The Kier molecular flexibility index (Phi) is 5.48. The van der Waals surface area contributed by atoms with Crippen molar-refractivity contribution in [2.75, 3.05) is 13.1 Å². The lowest BCUT2D eigenvalue weighted by atomic mass is 10.0. The van der Waals surface area contributed by atoms with Crippen LogP contribution in [-0.4, -0.2) is 44.5 Å². The SMILES string of the molecule is Cn1c(O)c(C(=Nc2ccc(CN3CCCC3)cc2)c2ccoc2)c2cc(C(=O)O)ccc21. The first-order valence-electron chi connectivity index (χ1n) is 11.0. The zero-order valence-corrected chi connectivity index (χ0v) is 18.4. The number of fused-ring (bicyclic) bond motifs is 1. The molecular formula is C26H25N3O4. The van der Waals surface area contributed by atoms with E-state index in [0.29, 0.717) is 27.7 Å². The minimum atomic E-state index is -1.03. The Hall–Kier alpha value is -3.84. The van der Waals surface area contributed by atoms with Crippen molar-refractivity contribution in [2.45, 2.75) is 19.4 Å². The summed E-state index contributed by atoms with van der Waals surface area (Å²) in [4.78, 5) is 18.9. The van der Waals surface area contributed by atoms with E-state index in [1.54, 1.807) is 42.3 Å². The van der Waals surface area contributed by atoms with Gasteiger partial charge in [0.1, 0.15) is 0 Å². The van der Waals surface area contributed by atoms with Gasteiger partial charge in [-0.2, -0.15) is 0 Å². The normalized spacial score (nSPS) is 14.9. The number of likely N-dealkylation sites (tertiary alicyclic amines) is 1. The molecule has 0 aliphatic carbocycles. The van der Waals surface area contributed by atoms with Crippen LogP contribution in [0.2, 0.25) is 0 Å². The lowest BCUT2D eigenvalue weighted by Crippen LogP contribution is -2.18. The zero-order chi connectivity index (χ0) is 22.9. The predicted molar refractivity (Wildman–Crippen MR) is 127 cm³/mol. The first-order chi connectivity index (χ1) is 16.0. The average molecular weight is 444 g/mol. The molecule has 1 aliphatic rings. The fourth-order valence-corrected chi connectivity index (χ4v) is 4.47. The highest BCUT2D eigenvalue weighted by atomic mass is 16.4. The number of benzene rings is 2. The molecule has 0 amide bonds.